The summed E-state index contributed by atoms with van der Waals surface area (Å²) in [5.41, 5.74) is -0.583. The molecule has 3 rings (SSSR count). The Morgan fingerprint density at radius 3 is 2.75 bits per heavy atom. The van der Waals surface area contributed by atoms with Gasteiger partial charge in [0.15, 0.2) is 11.4 Å². The minimum atomic E-state index is -0.759. The summed E-state index contributed by atoms with van der Waals surface area (Å²) in [7, 11) is 0. The maximum atomic E-state index is 12.7. The van der Waals surface area contributed by atoms with E-state index in [1.165, 1.54) is 0 Å². The number of pyridine rings is 1. The number of nitriles is 1. The van der Waals surface area contributed by atoms with Gasteiger partial charge in [-0.3, -0.25) is 9.89 Å². The number of aromatic amines is 1. The lowest BCUT2D eigenvalue weighted by Crippen LogP contribution is -2.18. The van der Waals surface area contributed by atoms with Crippen LogP contribution in [0.4, 0.5) is 0 Å². The first-order valence-electron chi connectivity index (χ1n) is 7.08. The number of hydrogen-bond acceptors (Lipinski definition) is 6. The highest BCUT2D eigenvalue weighted by Crippen LogP contribution is 2.30. The molecule has 0 fully saturated rings. The highest BCUT2D eigenvalue weighted by Gasteiger charge is 2.23. The summed E-state index contributed by atoms with van der Waals surface area (Å²) < 4.78 is 5.77. The SMILES string of the molecule is CCOC(=O)c1nc2c(C#N)c(O)c(-c3ccccc3)c(=O)n2[nH]1. The molecule has 2 aromatic heterocycles. The van der Waals surface area contributed by atoms with E-state index in [9.17, 15) is 20.0 Å². The van der Waals surface area contributed by atoms with Crippen molar-refractivity contribution >= 4 is 11.6 Å². The predicted octanol–water partition coefficient (Wildman–Crippen LogP) is 1.44. The fourth-order valence-corrected chi connectivity index (χ4v) is 2.36. The molecule has 24 heavy (non-hydrogen) atoms. The fraction of sp³-hybridized carbons (Fsp3) is 0.125. The first-order valence-corrected chi connectivity index (χ1v) is 7.08. The normalized spacial score (nSPS) is 10.5. The molecule has 0 saturated heterocycles. The van der Waals surface area contributed by atoms with E-state index in [2.05, 4.69) is 10.1 Å². The third-order valence-electron chi connectivity index (χ3n) is 3.40. The first-order chi connectivity index (χ1) is 11.6. The average Bonchev–Trinajstić information content (AvgIpc) is 3.02. The molecule has 0 aliphatic rings. The summed E-state index contributed by atoms with van der Waals surface area (Å²) in [5, 5.41) is 22.2. The lowest BCUT2D eigenvalue weighted by Gasteiger charge is -2.06. The van der Waals surface area contributed by atoms with Gasteiger partial charge in [0.25, 0.3) is 5.56 Å². The van der Waals surface area contributed by atoms with Crippen LogP contribution in [0, 0.1) is 11.3 Å². The summed E-state index contributed by atoms with van der Waals surface area (Å²) >= 11 is 0. The Bertz CT molecular complexity index is 1030. The molecule has 120 valence electrons. The number of benzene rings is 1. The van der Waals surface area contributed by atoms with Crippen molar-refractivity contribution in [3.05, 3.63) is 52.1 Å². The van der Waals surface area contributed by atoms with Crippen molar-refractivity contribution in [1.29, 1.82) is 5.26 Å². The van der Waals surface area contributed by atoms with Crippen LogP contribution in [0.1, 0.15) is 23.1 Å². The third-order valence-corrected chi connectivity index (χ3v) is 3.40. The molecular weight excluding hydrogens is 312 g/mol. The molecule has 0 atom stereocenters. The molecule has 0 aliphatic heterocycles. The molecule has 2 heterocycles. The molecule has 0 bridgehead atoms. The number of fused-ring (bicyclic) bond motifs is 1. The van der Waals surface area contributed by atoms with Crippen LogP contribution in [-0.4, -0.2) is 32.3 Å². The number of nitrogens with one attached hydrogen (secondary N) is 1. The lowest BCUT2D eigenvalue weighted by molar-refractivity contribution is 0.0512. The van der Waals surface area contributed by atoms with Gasteiger partial charge < -0.3 is 9.84 Å². The summed E-state index contributed by atoms with van der Waals surface area (Å²) in [5.74, 6) is -1.46. The standard InChI is InChI=1S/C16H12N4O4/c1-2-24-16(23)13-18-14-10(8-17)12(21)11(15(22)20(14)19-13)9-6-4-3-5-7-9/h3-7,21H,2H2,1H3,(H,18,19). The van der Waals surface area contributed by atoms with E-state index in [4.69, 9.17) is 4.74 Å². The number of ether oxygens (including phenoxy) is 1. The summed E-state index contributed by atoms with van der Waals surface area (Å²) in [4.78, 5) is 28.4. The molecule has 1 aromatic carbocycles. The van der Waals surface area contributed by atoms with Gasteiger partial charge in [-0.1, -0.05) is 30.3 Å². The van der Waals surface area contributed by atoms with Crippen LogP contribution in [0.5, 0.6) is 5.75 Å². The number of aromatic hydroxyl groups is 1. The van der Waals surface area contributed by atoms with E-state index < -0.39 is 17.3 Å². The zero-order valence-electron chi connectivity index (χ0n) is 12.6. The molecule has 0 amide bonds. The van der Waals surface area contributed by atoms with Gasteiger partial charge in [-0.05, 0) is 12.5 Å². The highest BCUT2D eigenvalue weighted by molar-refractivity contribution is 5.87. The summed E-state index contributed by atoms with van der Waals surface area (Å²) in [6.45, 7) is 1.77. The number of carbonyl (C=O) groups excluding carboxylic acids is 1. The average molecular weight is 324 g/mol. The Hall–Kier alpha value is -3.60. The van der Waals surface area contributed by atoms with E-state index in [1.807, 2.05) is 6.07 Å². The predicted molar refractivity (Wildman–Crippen MR) is 83.6 cm³/mol. The topological polar surface area (TPSA) is 120 Å². The van der Waals surface area contributed by atoms with Gasteiger partial charge in [0.2, 0.25) is 5.82 Å². The molecule has 0 radical (unpaired) electrons. The zero-order chi connectivity index (χ0) is 17.3. The Balaban J connectivity index is 2.35. The second kappa shape index (κ2) is 5.89. The van der Waals surface area contributed by atoms with Crippen LogP contribution in [0.25, 0.3) is 16.8 Å². The number of rotatable bonds is 3. The van der Waals surface area contributed by atoms with Gasteiger partial charge in [-0.2, -0.15) is 9.78 Å². The fourth-order valence-electron chi connectivity index (χ4n) is 2.36. The summed E-state index contributed by atoms with van der Waals surface area (Å²) in [6.07, 6.45) is 0. The van der Waals surface area contributed by atoms with Crippen molar-refractivity contribution < 1.29 is 14.6 Å². The number of H-pyrrole nitrogens is 1. The van der Waals surface area contributed by atoms with Crippen molar-refractivity contribution in [1.82, 2.24) is 14.6 Å². The molecular formula is C16H12N4O4. The monoisotopic (exact) mass is 324 g/mol. The van der Waals surface area contributed by atoms with Crippen LogP contribution in [0.15, 0.2) is 35.1 Å². The zero-order valence-corrected chi connectivity index (χ0v) is 12.6. The van der Waals surface area contributed by atoms with E-state index in [0.717, 1.165) is 4.52 Å². The van der Waals surface area contributed by atoms with Crippen molar-refractivity contribution in [2.45, 2.75) is 6.92 Å². The Kier molecular flexibility index (Phi) is 3.75. The van der Waals surface area contributed by atoms with E-state index in [-0.39, 0.29) is 29.2 Å². The largest absolute Gasteiger partial charge is 0.506 e. The minimum absolute atomic E-state index is 0.0521. The molecule has 0 aliphatic carbocycles. The van der Waals surface area contributed by atoms with Gasteiger partial charge in [0.1, 0.15) is 11.6 Å². The van der Waals surface area contributed by atoms with Crippen molar-refractivity contribution in [3.63, 3.8) is 0 Å². The van der Waals surface area contributed by atoms with Crippen LogP contribution < -0.4 is 5.56 Å². The molecule has 0 saturated carbocycles. The van der Waals surface area contributed by atoms with Crippen LogP contribution >= 0.6 is 0 Å². The van der Waals surface area contributed by atoms with Gasteiger partial charge in [0, 0.05) is 0 Å². The quantitative estimate of drug-likeness (QED) is 0.703. The highest BCUT2D eigenvalue weighted by atomic mass is 16.5. The van der Waals surface area contributed by atoms with Crippen LogP contribution in [-0.2, 0) is 4.74 Å². The smallest absolute Gasteiger partial charge is 0.375 e. The molecule has 0 spiro atoms. The number of carbonyl (C=O) groups is 1. The van der Waals surface area contributed by atoms with Crippen molar-refractivity contribution in [3.8, 4) is 22.9 Å². The number of nitrogens with zero attached hydrogens (tertiary/aromatic N) is 3. The van der Waals surface area contributed by atoms with Crippen LogP contribution in [0.3, 0.4) is 0 Å². The Morgan fingerprint density at radius 2 is 2.12 bits per heavy atom. The lowest BCUT2D eigenvalue weighted by atomic mass is 10.0. The molecule has 8 heteroatoms. The third kappa shape index (κ3) is 2.28. The second-order valence-electron chi connectivity index (χ2n) is 4.83. The van der Waals surface area contributed by atoms with Gasteiger partial charge in [0.05, 0.1) is 12.2 Å². The molecule has 0 unspecified atom stereocenters. The first kappa shape index (κ1) is 15.3. The van der Waals surface area contributed by atoms with E-state index >= 15 is 0 Å². The van der Waals surface area contributed by atoms with Crippen molar-refractivity contribution in [2.75, 3.05) is 6.61 Å². The Morgan fingerprint density at radius 1 is 1.42 bits per heavy atom. The maximum absolute atomic E-state index is 12.7. The number of esters is 1. The van der Waals surface area contributed by atoms with E-state index in [1.54, 1.807) is 37.3 Å². The molecule has 2 N–H and O–H groups in total. The van der Waals surface area contributed by atoms with Gasteiger partial charge in [-0.25, -0.2) is 9.78 Å². The van der Waals surface area contributed by atoms with Crippen LogP contribution in [0.2, 0.25) is 0 Å². The Labute approximate surface area is 135 Å². The number of aromatic nitrogens is 3. The van der Waals surface area contributed by atoms with Crippen molar-refractivity contribution in [2.24, 2.45) is 0 Å². The molecule has 8 nitrogen and oxygen atoms in total. The van der Waals surface area contributed by atoms with Gasteiger partial charge in [-0.15, -0.1) is 0 Å². The number of hydrogen-bond donors (Lipinski definition) is 2. The second-order valence-corrected chi connectivity index (χ2v) is 4.83. The maximum Gasteiger partial charge on any atom is 0.375 e. The van der Waals surface area contributed by atoms with Gasteiger partial charge >= 0.3 is 5.97 Å². The summed E-state index contributed by atoms with van der Waals surface area (Å²) in [6, 6.07) is 10.2. The van der Waals surface area contributed by atoms with E-state index in [0.29, 0.717) is 5.56 Å². The molecule has 3 aromatic rings. The minimum Gasteiger partial charge on any atom is -0.506 e.